The Hall–Kier alpha value is 0.0700. The Morgan fingerprint density at radius 1 is 1.33 bits per heavy atom. The molecule has 0 saturated carbocycles. The lowest BCUT2D eigenvalue weighted by atomic mass is 10.0. The summed E-state index contributed by atoms with van der Waals surface area (Å²) < 4.78 is 11.1. The summed E-state index contributed by atoms with van der Waals surface area (Å²) in [7, 11) is -0.536. The highest BCUT2D eigenvalue weighted by Gasteiger charge is 2.14. The van der Waals surface area contributed by atoms with Crippen LogP contribution in [0.25, 0.3) is 0 Å². The zero-order valence-corrected chi connectivity index (χ0v) is 10.6. The van der Waals surface area contributed by atoms with Gasteiger partial charge in [-0.1, -0.05) is 6.92 Å². The standard InChI is InChI=1S/C11H24N2OS/c1-11(4-5-12)3-2-6-13-7-9-15(14)10-8-13/h11H,2-10,12H2,1H3. The monoisotopic (exact) mass is 232 g/mol. The van der Waals surface area contributed by atoms with Gasteiger partial charge in [0.05, 0.1) is 0 Å². The summed E-state index contributed by atoms with van der Waals surface area (Å²) in [5, 5.41) is 0. The van der Waals surface area contributed by atoms with Gasteiger partial charge in [0.15, 0.2) is 0 Å². The molecule has 4 heteroatoms. The molecule has 1 atom stereocenters. The molecule has 3 nitrogen and oxygen atoms in total. The molecule has 0 aromatic rings. The molecule has 1 aliphatic rings. The molecule has 0 bridgehead atoms. The summed E-state index contributed by atoms with van der Waals surface area (Å²) >= 11 is 0. The van der Waals surface area contributed by atoms with Crippen molar-refractivity contribution in [2.45, 2.75) is 26.2 Å². The van der Waals surface area contributed by atoms with Crippen LogP contribution in [0.3, 0.4) is 0 Å². The Bertz CT molecular complexity index is 189. The Morgan fingerprint density at radius 3 is 2.60 bits per heavy atom. The average Bonchev–Trinajstić information content (AvgIpc) is 2.21. The van der Waals surface area contributed by atoms with E-state index in [4.69, 9.17) is 5.73 Å². The molecule has 0 radical (unpaired) electrons. The van der Waals surface area contributed by atoms with Crippen molar-refractivity contribution in [1.29, 1.82) is 0 Å². The summed E-state index contributed by atoms with van der Waals surface area (Å²) in [5.74, 6) is 2.50. The molecule has 1 fully saturated rings. The molecular weight excluding hydrogens is 208 g/mol. The maximum Gasteiger partial charge on any atom is 0.0363 e. The van der Waals surface area contributed by atoms with Crippen LogP contribution in [-0.4, -0.2) is 46.8 Å². The quantitative estimate of drug-likeness (QED) is 0.737. The van der Waals surface area contributed by atoms with E-state index in [9.17, 15) is 4.21 Å². The second-order valence-corrected chi connectivity index (χ2v) is 6.21. The molecule has 1 rings (SSSR count). The summed E-state index contributed by atoms with van der Waals surface area (Å²) in [4.78, 5) is 2.44. The van der Waals surface area contributed by atoms with E-state index in [1.807, 2.05) is 0 Å². The van der Waals surface area contributed by atoms with E-state index in [0.717, 1.165) is 43.5 Å². The normalized spacial score (nSPS) is 21.7. The van der Waals surface area contributed by atoms with Gasteiger partial charge in [-0.15, -0.1) is 0 Å². The molecule has 1 saturated heterocycles. The molecule has 90 valence electrons. The van der Waals surface area contributed by atoms with Crippen molar-refractivity contribution in [3.05, 3.63) is 0 Å². The van der Waals surface area contributed by atoms with Crippen molar-refractivity contribution >= 4 is 10.8 Å². The zero-order chi connectivity index (χ0) is 11.1. The lowest BCUT2D eigenvalue weighted by molar-refractivity contribution is 0.283. The summed E-state index contributed by atoms with van der Waals surface area (Å²) in [6.07, 6.45) is 3.68. The van der Waals surface area contributed by atoms with E-state index in [2.05, 4.69) is 11.8 Å². The fourth-order valence-corrected chi connectivity index (χ4v) is 3.12. The minimum Gasteiger partial charge on any atom is -0.330 e. The minimum absolute atomic E-state index is 0.536. The van der Waals surface area contributed by atoms with Crippen molar-refractivity contribution in [1.82, 2.24) is 4.90 Å². The maximum absolute atomic E-state index is 11.1. The minimum atomic E-state index is -0.536. The fourth-order valence-electron chi connectivity index (χ4n) is 1.99. The highest BCUT2D eigenvalue weighted by molar-refractivity contribution is 7.85. The Balaban J connectivity index is 2.02. The second-order valence-electron chi connectivity index (χ2n) is 4.51. The first-order valence-electron chi connectivity index (χ1n) is 5.99. The van der Waals surface area contributed by atoms with Gasteiger partial charge >= 0.3 is 0 Å². The van der Waals surface area contributed by atoms with Crippen LogP contribution in [0.1, 0.15) is 26.2 Å². The number of rotatable bonds is 6. The molecule has 0 aliphatic carbocycles. The lowest BCUT2D eigenvalue weighted by Crippen LogP contribution is -2.38. The first kappa shape index (κ1) is 13.1. The van der Waals surface area contributed by atoms with Crippen LogP contribution in [0.2, 0.25) is 0 Å². The Morgan fingerprint density at radius 2 is 2.00 bits per heavy atom. The molecule has 0 amide bonds. The van der Waals surface area contributed by atoms with E-state index in [-0.39, 0.29) is 0 Å². The van der Waals surface area contributed by atoms with E-state index < -0.39 is 10.8 Å². The van der Waals surface area contributed by atoms with Crippen molar-refractivity contribution in [3.8, 4) is 0 Å². The third-order valence-corrected chi connectivity index (χ3v) is 4.38. The first-order valence-corrected chi connectivity index (χ1v) is 7.48. The summed E-state index contributed by atoms with van der Waals surface area (Å²) in [5.41, 5.74) is 5.52. The van der Waals surface area contributed by atoms with Crippen molar-refractivity contribution < 1.29 is 4.21 Å². The third-order valence-electron chi connectivity index (χ3n) is 3.10. The average molecular weight is 232 g/mol. The molecular formula is C11H24N2OS. The van der Waals surface area contributed by atoms with Gasteiger partial charge in [-0.25, -0.2) is 0 Å². The molecule has 1 aliphatic heterocycles. The predicted molar refractivity (Wildman–Crippen MR) is 66.4 cm³/mol. The van der Waals surface area contributed by atoms with Gasteiger partial charge in [0.25, 0.3) is 0 Å². The summed E-state index contributed by atoms with van der Waals surface area (Å²) in [6, 6.07) is 0. The summed E-state index contributed by atoms with van der Waals surface area (Å²) in [6.45, 7) is 6.31. The Labute approximate surface area is 95.9 Å². The predicted octanol–water partition coefficient (Wildman–Crippen LogP) is 0.816. The lowest BCUT2D eigenvalue weighted by Gasteiger charge is -2.26. The van der Waals surface area contributed by atoms with Crippen LogP contribution in [0.4, 0.5) is 0 Å². The van der Waals surface area contributed by atoms with E-state index in [1.165, 1.54) is 19.4 Å². The van der Waals surface area contributed by atoms with Crippen molar-refractivity contribution in [2.24, 2.45) is 11.7 Å². The van der Waals surface area contributed by atoms with E-state index in [1.54, 1.807) is 0 Å². The highest BCUT2D eigenvalue weighted by atomic mass is 32.2. The van der Waals surface area contributed by atoms with Gasteiger partial charge in [-0.3, -0.25) is 4.21 Å². The van der Waals surface area contributed by atoms with Gasteiger partial charge in [0, 0.05) is 35.4 Å². The Kier molecular flexibility index (Phi) is 6.45. The van der Waals surface area contributed by atoms with Gasteiger partial charge in [0.2, 0.25) is 0 Å². The highest BCUT2D eigenvalue weighted by Crippen LogP contribution is 2.10. The number of hydrogen-bond acceptors (Lipinski definition) is 3. The SMILES string of the molecule is CC(CCN)CCCN1CCS(=O)CC1. The van der Waals surface area contributed by atoms with E-state index in [0.29, 0.717) is 0 Å². The maximum atomic E-state index is 11.1. The van der Waals surface area contributed by atoms with Crippen LogP contribution < -0.4 is 5.73 Å². The van der Waals surface area contributed by atoms with Gasteiger partial charge < -0.3 is 10.6 Å². The van der Waals surface area contributed by atoms with Crippen molar-refractivity contribution in [3.63, 3.8) is 0 Å². The van der Waals surface area contributed by atoms with Crippen LogP contribution in [0.5, 0.6) is 0 Å². The van der Waals surface area contributed by atoms with Crippen LogP contribution in [-0.2, 0) is 10.8 Å². The molecule has 0 spiro atoms. The van der Waals surface area contributed by atoms with Crippen LogP contribution >= 0.6 is 0 Å². The van der Waals surface area contributed by atoms with Crippen LogP contribution in [0, 0.1) is 5.92 Å². The van der Waals surface area contributed by atoms with Crippen LogP contribution in [0.15, 0.2) is 0 Å². The molecule has 15 heavy (non-hydrogen) atoms. The number of nitrogens with zero attached hydrogens (tertiary/aromatic N) is 1. The van der Waals surface area contributed by atoms with Gasteiger partial charge in [0.1, 0.15) is 0 Å². The molecule has 1 heterocycles. The third kappa shape index (κ3) is 5.64. The molecule has 2 N–H and O–H groups in total. The first-order chi connectivity index (χ1) is 7.22. The smallest absolute Gasteiger partial charge is 0.0363 e. The van der Waals surface area contributed by atoms with Gasteiger partial charge in [-0.2, -0.15) is 0 Å². The molecule has 0 aromatic heterocycles. The largest absolute Gasteiger partial charge is 0.330 e. The molecule has 1 unspecified atom stereocenters. The zero-order valence-electron chi connectivity index (χ0n) is 9.78. The number of nitrogens with two attached hydrogens (primary N) is 1. The van der Waals surface area contributed by atoms with Crippen molar-refractivity contribution in [2.75, 3.05) is 37.7 Å². The second kappa shape index (κ2) is 7.36. The number of hydrogen-bond donors (Lipinski definition) is 1. The van der Waals surface area contributed by atoms with E-state index >= 15 is 0 Å². The van der Waals surface area contributed by atoms with Gasteiger partial charge in [-0.05, 0) is 38.3 Å². The fraction of sp³-hybridized carbons (Fsp3) is 1.00. The topological polar surface area (TPSA) is 46.3 Å². The molecule has 0 aromatic carbocycles.